The molecular formula is C23H23N5O3S. The molecule has 0 fully saturated rings. The van der Waals surface area contributed by atoms with Crippen LogP contribution in [-0.4, -0.2) is 50.5 Å². The van der Waals surface area contributed by atoms with Crippen molar-refractivity contribution in [2.24, 2.45) is 0 Å². The fourth-order valence-corrected chi connectivity index (χ4v) is 4.04. The van der Waals surface area contributed by atoms with Crippen molar-refractivity contribution in [1.29, 1.82) is 0 Å². The minimum absolute atomic E-state index is 0.0289. The smallest absolute Gasteiger partial charge is 0.233 e. The highest BCUT2D eigenvalue weighted by Crippen LogP contribution is 2.29. The van der Waals surface area contributed by atoms with Crippen LogP contribution in [0.4, 0.5) is 0 Å². The predicted molar refractivity (Wildman–Crippen MR) is 122 cm³/mol. The van der Waals surface area contributed by atoms with Crippen LogP contribution in [0.3, 0.4) is 0 Å². The fraction of sp³-hybridized carbons (Fsp3) is 0.217. The minimum Gasteiger partial charge on any atom is -0.497 e. The number of aryl methyl sites for hydroxylation is 1. The average molecular weight is 450 g/mol. The molecule has 32 heavy (non-hydrogen) atoms. The summed E-state index contributed by atoms with van der Waals surface area (Å²) >= 11 is 1.34. The number of rotatable bonds is 8. The molecule has 0 N–H and O–H groups in total. The fourth-order valence-electron chi connectivity index (χ4n) is 3.14. The molecule has 1 aromatic carbocycles. The molecule has 4 rings (SSSR count). The Morgan fingerprint density at radius 3 is 2.50 bits per heavy atom. The lowest BCUT2D eigenvalue weighted by Crippen LogP contribution is -2.27. The van der Waals surface area contributed by atoms with Gasteiger partial charge < -0.3 is 14.1 Å². The lowest BCUT2D eigenvalue weighted by molar-refractivity contribution is -0.127. The molecule has 1 amide bonds. The number of pyridine rings is 1. The molecule has 8 nitrogen and oxygen atoms in total. The zero-order valence-corrected chi connectivity index (χ0v) is 18.9. The van der Waals surface area contributed by atoms with E-state index in [1.54, 1.807) is 31.5 Å². The molecule has 4 aromatic rings. The number of amides is 1. The number of ether oxygens (including phenoxy) is 1. The van der Waals surface area contributed by atoms with Crippen molar-refractivity contribution in [3.05, 3.63) is 72.4 Å². The number of hydrogen-bond donors (Lipinski definition) is 0. The van der Waals surface area contributed by atoms with Gasteiger partial charge in [0, 0.05) is 30.7 Å². The van der Waals surface area contributed by atoms with Crippen LogP contribution >= 0.6 is 11.8 Å². The lowest BCUT2D eigenvalue weighted by Gasteiger charge is -2.16. The van der Waals surface area contributed by atoms with Gasteiger partial charge >= 0.3 is 0 Å². The first-order chi connectivity index (χ1) is 15.5. The molecule has 0 aliphatic rings. The van der Waals surface area contributed by atoms with Gasteiger partial charge in [-0.25, -0.2) is 0 Å². The number of aromatic nitrogens is 4. The molecule has 0 bridgehead atoms. The summed E-state index contributed by atoms with van der Waals surface area (Å²) in [4.78, 5) is 18.4. The largest absolute Gasteiger partial charge is 0.497 e. The average Bonchev–Trinajstić information content (AvgIpc) is 3.43. The Bertz CT molecular complexity index is 1190. The molecule has 0 aliphatic heterocycles. The van der Waals surface area contributed by atoms with E-state index < -0.39 is 0 Å². The van der Waals surface area contributed by atoms with Crippen molar-refractivity contribution in [3.8, 4) is 22.8 Å². The van der Waals surface area contributed by atoms with Crippen molar-refractivity contribution >= 4 is 17.7 Å². The highest BCUT2D eigenvalue weighted by atomic mass is 32.2. The van der Waals surface area contributed by atoms with Gasteiger partial charge in [0.05, 0.1) is 19.4 Å². The number of carbonyl (C=O) groups is 1. The minimum atomic E-state index is -0.0289. The molecule has 0 radical (unpaired) electrons. The van der Waals surface area contributed by atoms with E-state index in [-0.39, 0.29) is 11.7 Å². The lowest BCUT2D eigenvalue weighted by atomic mass is 10.2. The highest BCUT2D eigenvalue weighted by molar-refractivity contribution is 7.99. The summed E-state index contributed by atoms with van der Waals surface area (Å²) in [6.45, 7) is 2.30. The molecule has 0 atom stereocenters. The first kappa shape index (κ1) is 21.6. The van der Waals surface area contributed by atoms with Crippen LogP contribution in [0.2, 0.25) is 0 Å². The molecule has 9 heteroatoms. The number of carbonyl (C=O) groups excluding carboxylic acids is 1. The standard InChI is InChI=1S/C23H23N5O3S/c1-16-4-7-20(31-16)14-27(2)21(29)15-32-23-26-25-22(17-10-12-24-13-11-17)28(23)18-5-8-19(30-3)9-6-18/h4-13H,14-15H2,1-3H3. The van der Waals surface area contributed by atoms with E-state index in [9.17, 15) is 4.79 Å². The number of hydrogen-bond acceptors (Lipinski definition) is 7. The summed E-state index contributed by atoms with van der Waals surface area (Å²) in [6, 6.07) is 15.2. The third kappa shape index (κ3) is 4.83. The van der Waals surface area contributed by atoms with E-state index in [1.807, 2.05) is 60.0 Å². The second kappa shape index (κ2) is 9.69. The molecule has 0 saturated heterocycles. The van der Waals surface area contributed by atoms with Crippen molar-refractivity contribution in [2.45, 2.75) is 18.6 Å². The second-order valence-electron chi connectivity index (χ2n) is 7.13. The molecule has 3 heterocycles. The first-order valence-corrected chi connectivity index (χ1v) is 11.0. The van der Waals surface area contributed by atoms with Gasteiger partial charge in [0.15, 0.2) is 11.0 Å². The third-order valence-electron chi connectivity index (χ3n) is 4.84. The van der Waals surface area contributed by atoms with Gasteiger partial charge in [0.1, 0.15) is 17.3 Å². The van der Waals surface area contributed by atoms with Crippen molar-refractivity contribution in [3.63, 3.8) is 0 Å². The zero-order valence-electron chi connectivity index (χ0n) is 18.1. The van der Waals surface area contributed by atoms with Crippen molar-refractivity contribution < 1.29 is 13.9 Å². The molecule has 164 valence electrons. The molecule has 3 aromatic heterocycles. The van der Waals surface area contributed by atoms with Gasteiger partial charge in [-0.15, -0.1) is 10.2 Å². The molecule has 0 aliphatic carbocycles. The van der Waals surface area contributed by atoms with Crippen LogP contribution in [0.25, 0.3) is 17.1 Å². The monoisotopic (exact) mass is 449 g/mol. The van der Waals surface area contributed by atoms with Crippen molar-refractivity contribution in [2.75, 3.05) is 19.9 Å². The van der Waals surface area contributed by atoms with Crippen molar-refractivity contribution in [1.82, 2.24) is 24.6 Å². The summed E-state index contributed by atoms with van der Waals surface area (Å²) in [6.07, 6.45) is 3.42. The van der Waals surface area contributed by atoms with Crippen LogP contribution in [-0.2, 0) is 11.3 Å². The molecule has 0 unspecified atom stereocenters. The highest BCUT2D eigenvalue weighted by Gasteiger charge is 2.19. The summed E-state index contributed by atoms with van der Waals surface area (Å²) in [5.74, 6) is 3.20. The van der Waals surface area contributed by atoms with Gasteiger partial charge in [-0.2, -0.15) is 0 Å². The van der Waals surface area contributed by atoms with E-state index in [0.717, 1.165) is 28.5 Å². The maximum atomic E-state index is 12.7. The van der Waals surface area contributed by atoms with Crippen LogP contribution in [0, 0.1) is 6.92 Å². The Labute approximate surface area is 190 Å². The van der Waals surface area contributed by atoms with Crippen LogP contribution in [0.1, 0.15) is 11.5 Å². The van der Waals surface area contributed by atoms with Gasteiger partial charge in [-0.1, -0.05) is 11.8 Å². The van der Waals surface area contributed by atoms with E-state index >= 15 is 0 Å². The number of methoxy groups -OCH3 is 1. The summed E-state index contributed by atoms with van der Waals surface area (Å²) in [5, 5.41) is 9.38. The Hall–Kier alpha value is -3.59. The Balaban J connectivity index is 1.56. The van der Waals surface area contributed by atoms with Crippen LogP contribution in [0.15, 0.2) is 70.5 Å². The molecule has 0 spiro atoms. The first-order valence-electron chi connectivity index (χ1n) is 9.97. The number of furan rings is 1. The second-order valence-corrected chi connectivity index (χ2v) is 8.07. The summed E-state index contributed by atoms with van der Waals surface area (Å²) < 4.78 is 12.8. The van der Waals surface area contributed by atoms with Crippen LogP contribution < -0.4 is 4.74 Å². The number of nitrogens with zero attached hydrogens (tertiary/aromatic N) is 5. The zero-order chi connectivity index (χ0) is 22.5. The number of thioether (sulfide) groups is 1. The SMILES string of the molecule is COc1ccc(-n2c(SCC(=O)N(C)Cc3ccc(C)o3)nnc2-c2ccncc2)cc1. The maximum Gasteiger partial charge on any atom is 0.233 e. The van der Waals surface area contributed by atoms with Gasteiger partial charge in [0.2, 0.25) is 5.91 Å². The number of benzene rings is 1. The van der Waals surface area contributed by atoms with Crippen LogP contribution in [0.5, 0.6) is 5.75 Å². The van der Waals surface area contributed by atoms with Gasteiger partial charge in [0.25, 0.3) is 0 Å². The van der Waals surface area contributed by atoms with Gasteiger partial charge in [-0.05, 0) is 55.5 Å². The summed E-state index contributed by atoms with van der Waals surface area (Å²) in [5.41, 5.74) is 1.75. The normalized spacial score (nSPS) is 10.8. The maximum absolute atomic E-state index is 12.7. The Kier molecular flexibility index (Phi) is 6.55. The van der Waals surface area contributed by atoms with Gasteiger partial charge in [-0.3, -0.25) is 14.3 Å². The van der Waals surface area contributed by atoms with E-state index in [1.165, 1.54) is 11.8 Å². The quantitative estimate of drug-likeness (QED) is 0.376. The Morgan fingerprint density at radius 2 is 1.84 bits per heavy atom. The predicted octanol–water partition coefficient (Wildman–Crippen LogP) is 3.99. The Morgan fingerprint density at radius 1 is 1.09 bits per heavy atom. The molecular weight excluding hydrogens is 426 g/mol. The van der Waals surface area contributed by atoms with E-state index in [2.05, 4.69) is 15.2 Å². The van der Waals surface area contributed by atoms with E-state index in [4.69, 9.17) is 9.15 Å². The molecule has 0 saturated carbocycles. The van der Waals surface area contributed by atoms with E-state index in [0.29, 0.717) is 17.5 Å². The third-order valence-corrected chi connectivity index (χ3v) is 5.76. The summed E-state index contributed by atoms with van der Waals surface area (Å²) in [7, 11) is 3.39. The topological polar surface area (TPSA) is 86.3 Å².